The maximum Gasteiger partial charge on any atom is 0.410 e. The number of hydrogen-bond donors (Lipinski definition) is 0. The highest BCUT2D eigenvalue weighted by Gasteiger charge is 2.37. The summed E-state index contributed by atoms with van der Waals surface area (Å²) in [5.41, 5.74) is -0.566. The molecule has 0 aromatic carbocycles. The van der Waals surface area contributed by atoms with Crippen molar-refractivity contribution >= 4 is 28.7 Å². The monoisotopic (exact) mass is 439 g/mol. The van der Waals surface area contributed by atoms with Gasteiger partial charge in [0.2, 0.25) is 0 Å². The third-order valence-electron chi connectivity index (χ3n) is 4.42. The Kier molecular flexibility index (Phi) is 6.98. The molecule has 1 amide bonds. The van der Waals surface area contributed by atoms with Crippen molar-refractivity contribution in [2.75, 3.05) is 30.7 Å². The first-order valence-electron chi connectivity index (χ1n) is 8.63. The molecule has 2 saturated heterocycles. The predicted molar refractivity (Wildman–Crippen MR) is 98.2 cm³/mol. The molecule has 2 aliphatic rings. The highest BCUT2D eigenvalue weighted by atomic mass is 127. The Hall–Kier alpha value is -0.0800. The van der Waals surface area contributed by atoms with E-state index in [1.54, 1.807) is 4.90 Å². The fourth-order valence-electron chi connectivity index (χ4n) is 2.95. The van der Waals surface area contributed by atoms with E-state index in [1.165, 1.54) is 12.8 Å². The van der Waals surface area contributed by atoms with Crippen LogP contribution >= 0.6 is 22.6 Å². The minimum Gasteiger partial charge on any atom is -0.444 e. The first kappa shape index (κ1) is 19.2. The van der Waals surface area contributed by atoms with Gasteiger partial charge in [-0.05, 0) is 52.9 Å². The molecule has 0 aromatic heterocycles. The van der Waals surface area contributed by atoms with Crippen molar-refractivity contribution < 1.29 is 19.0 Å². The number of amides is 1. The molecule has 0 bridgehead atoms. The number of rotatable bonds is 4. The van der Waals surface area contributed by atoms with Crippen LogP contribution in [0.4, 0.5) is 4.79 Å². The molecule has 2 fully saturated rings. The Labute approximate surface area is 153 Å². The van der Waals surface area contributed by atoms with Crippen LogP contribution in [0.5, 0.6) is 0 Å². The van der Waals surface area contributed by atoms with Crippen molar-refractivity contribution in [3.8, 4) is 0 Å². The second kappa shape index (κ2) is 8.34. The van der Waals surface area contributed by atoms with Crippen LogP contribution in [0.25, 0.3) is 0 Å². The van der Waals surface area contributed by atoms with E-state index in [1.807, 2.05) is 20.8 Å². The van der Waals surface area contributed by atoms with Gasteiger partial charge in [-0.15, -0.1) is 0 Å². The van der Waals surface area contributed by atoms with E-state index in [0.717, 1.165) is 30.3 Å². The lowest BCUT2D eigenvalue weighted by molar-refractivity contribution is -0.115. The number of alkyl halides is 1. The van der Waals surface area contributed by atoms with Gasteiger partial charge in [0.05, 0.1) is 18.3 Å². The molecule has 23 heavy (non-hydrogen) atoms. The van der Waals surface area contributed by atoms with E-state index in [4.69, 9.17) is 14.2 Å². The minimum absolute atomic E-state index is 0.125. The van der Waals surface area contributed by atoms with Crippen LogP contribution in [0.1, 0.15) is 52.9 Å². The summed E-state index contributed by atoms with van der Waals surface area (Å²) >= 11 is 2.40. The van der Waals surface area contributed by atoms with E-state index in [9.17, 15) is 4.79 Å². The average Bonchev–Trinajstić information content (AvgIpc) is 2.53. The van der Waals surface area contributed by atoms with Crippen molar-refractivity contribution in [2.45, 2.75) is 70.2 Å². The summed E-state index contributed by atoms with van der Waals surface area (Å²) in [6.45, 7) is 8.63. The fourth-order valence-corrected chi connectivity index (χ4v) is 3.93. The molecule has 0 aromatic rings. The molecule has 1 atom stereocenters. The lowest BCUT2D eigenvalue weighted by atomic mass is 9.93. The topological polar surface area (TPSA) is 48.0 Å². The molecule has 5 nitrogen and oxygen atoms in total. The number of hydrogen-bond acceptors (Lipinski definition) is 4. The summed E-state index contributed by atoms with van der Waals surface area (Å²) in [6.07, 6.45) is 5.25. The van der Waals surface area contributed by atoms with Crippen LogP contribution in [-0.2, 0) is 14.2 Å². The molecule has 0 spiro atoms. The lowest BCUT2D eigenvalue weighted by Crippen LogP contribution is -2.51. The first-order valence-corrected chi connectivity index (χ1v) is 10.2. The molecule has 0 saturated carbocycles. The molecule has 0 aliphatic carbocycles. The minimum atomic E-state index is -0.441. The highest BCUT2D eigenvalue weighted by Crippen LogP contribution is 2.30. The van der Waals surface area contributed by atoms with Gasteiger partial charge in [0.25, 0.3) is 0 Å². The second-order valence-corrected chi connectivity index (χ2v) is 8.35. The van der Waals surface area contributed by atoms with Gasteiger partial charge in [-0.25, -0.2) is 4.79 Å². The van der Waals surface area contributed by atoms with Gasteiger partial charge >= 0.3 is 6.09 Å². The third-order valence-corrected chi connectivity index (χ3v) is 5.81. The van der Waals surface area contributed by atoms with Crippen molar-refractivity contribution in [3.05, 3.63) is 0 Å². The van der Waals surface area contributed by atoms with Crippen molar-refractivity contribution in [1.82, 2.24) is 4.90 Å². The standard InChI is InChI=1S/C17H30INO4/c1-16(2,3)23-15(20)19-9-7-17(13-18,8-10-19)22-12-14-6-4-5-11-21-14/h14H,4-13H2,1-3H3. The maximum absolute atomic E-state index is 12.2. The van der Waals surface area contributed by atoms with E-state index in [0.29, 0.717) is 19.7 Å². The summed E-state index contributed by atoms with van der Waals surface area (Å²) in [6, 6.07) is 0. The summed E-state index contributed by atoms with van der Waals surface area (Å²) in [4.78, 5) is 14.0. The van der Waals surface area contributed by atoms with Gasteiger partial charge in [-0.1, -0.05) is 22.6 Å². The normalized spacial score (nSPS) is 25.2. The number of ether oxygens (including phenoxy) is 3. The molecule has 134 valence electrons. The molecule has 2 aliphatic heterocycles. The molecular weight excluding hydrogens is 409 g/mol. The molecule has 2 rings (SSSR count). The molecule has 1 unspecified atom stereocenters. The van der Waals surface area contributed by atoms with Crippen LogP contribution in [0, 0.1) is 0 Å². The van der Waals surface area contributed by atoms with Gasteiger partial charge < -0.3 is 19.1 Å². The number of carbonyl (C=O) groups is 1. The summed E-state index contributed by atoms with van der Waals surface area (Å²) in [5, 5.41) is 0. The Morgan fingerprint density at radius 3 is 2.52 bits per heavy atom. The van der Waals surface area contributed by atoms with Gasteiger partial charge in [0, 0.05) is 24.1 Å². The van der Waals surface area contributed by atoms with Gasteiger partial charge in [0.15, 0.2) is 0 Å². The Morgan fingerprint density at radius 2 is 2.00 bits per heavy atom. The van der Waals surface area contributed by atoms with Crippen LogP contribution in [0.3, 0.4) is 0 Å². The summed E-state index contributed by atoms with van der Waals surface area (Å²) < 4.78 is 18.4. The molecule has 2 heterocycles. The first-order chi connectivity index (χ1) is 10.8. The van der Waals surface area contributed by atoms with Crippen molar-refractivity contribution in [1.29, 1.82) is 0 Å². The smallest absolute Gasteiger partial charge is 0.410 e. The highest BCUT2D eigenvalue weighted by molar-refractivity contribution is 14.1. The largest absolute Gasteiger partial charge is 0.444 e. The van der Waals surface area contributed by atoms with Gasteiger partial charge in [-0.2, -0.15) is 0 Å². The number of likely N-dealkylation sites (tertiary alicyclic amines) is 1. The van der Waals surface area contributed by atoms with E-state index in [-0.39, 0.29) is 17.8 Å². The molecule has 6 heteroatoms. The van der Waals surface area contributed by atoms with Crippen LogP contribution in [0.2, 0.25) is 0 Å². The number of nitrogens with zero attached hydrogens (tertiary/aromatic N) is 1. The molecular formula is C17H30INO4. The molecule has 0 N–H and O–H groups in total. The predicted octanol–water partition coefficient (Wildman–Crippen LogP) is 3.78. The zero-order valence-electron chi connectivity index (χ0n) is 14.6. The van der Waals surface area contributed by atoms with Crippen molar-refractivity contribution in [2.24, 2.45) is 0 Å². The van der Waals surface area contributed by atoms with Crippen LogP contribution in [0.15, 0.2) is 0 Å². The van der Waals surface area contributed by atoms with Gasteiger partial charge in [-0.3, -0.25) is 0 Å². The van der Waals surface area contributed by atoms with E-state index in [2.05, 4.69) is 22.6 Å². The average molecular weight is 439 g/mol. The molecule has 0 radical (unpaired) electrons. The van der Waals surface area contributed by atoms with E-state index < -0.39 is 5.60 Å². The third kappa shape index (κ3) is 6.05. The quantitative estimate of drug-likeness (QED) is 0.494. The number of carbonyl (C=O) groups excluding carboxylic acids is 1. The van der Waals surface area contributed by atoms with Crippen LogP contribution < -0.4 is 0 Å². The Bertz CT molecular complexity index is 383. The Morgan fingerprint density at radius 1 is 1.30 bits per heavy atom. The maximum atomic E-state index is 12.2. The zero-order chi connectivity index (χ0) is 16.9. The second-order valence-electron chi connectivity index (χ2n) is 7.58. The lowest BCUT2D eigenvalue weighted by Gasteiger charge is -2.41. The van der Waals surface area contributed by atoms with E-state index >= 15 is 0 Å². The Balaban J connectivity index is 1.80. The number of halogens is 1. The number of piperidine rings is 1. The zero-order valence-corrected chi connectivity index (χ0v) is 16.8. The summed E-state index contributed by atoms with van der Waals surface area (Å²) in [5.74, 6) is 0. The summed E-state index contributed by atoms with van der Waals surface area (Å²) in [7, 11) is 0. The van der Waals surface area contributed by atoms with Gasteiger partial charge in [0.1, 0.15) is 5.60 Å². The fraction of sp³-hybridized carbons (Fsp3) is 0.941. The van der Waals surface area contributed by atoms with Crippen LogP contribution in [-0.4, -0.2) is 59.0 Å². The SMILES string of the molecule is CC(C)(C)OC(=O)N1CCC(CI)(OCC2CCCCO2)CC1. The van der Waals surface area contributed by atoms with Crippen molar-refractivity contribution in [3.63, 3.8) is 0 Å².